The summed E-state index contributed by atoms with van der Waals surface area (Å²) in [5, 5.41) is 9.47. The molecule has 5 rings (SSSR count). The molecule has 1 aliphatic rings. The Morgan fingerprint density at radius 2 is 1.53 bits per heavy atom. The fourth-order valence-electron chi connectivity index (χ4n) is 3.99. The summed E-state index contributed by atoms with van der Waals surface area (Å²) in [6.45, 7) is 14.2. The highest BCUT2D eigenvalue weighted by molar-refractivity contribution is 5.54. The molecule has 0 atom stereocenters. The van der Waals surface area contributed by atoms with Crippen molar-refractivity contribution in [3.63, 3.8) is 0 Å². The van der Waals surface area contributed by atoms with E-state index in [1.54, 1.807) is 0 Å². The summed E-state index contributed by atoms with van der Waals surface area (Å²) in [5.41, 5.74) is 4.88. The van der Waals surface area contributed by atoms with Gasteiger partial charge in [-0.2, -0.15) is 9.61 Å². The van der Waals surface area contributed by atoms with E-state index in [1.807, 2.05) is 35.1 Å². The third-order valence-electron chi connectivity index (χ3n) is 5.66. The summed E-state index contributed by atoms with van der Waals surface area (Å²) >= 11 is 0. The molecule has 0 aromatic carbocycles. The third kappa shape index (κ3) is 3.26. The average molecular weight is 405 g/mol. The molecule has 0 saturated carbocycles. The number of nitrogens with zero attached hydrogens (tertiary/aromatic N) is 8. The van der Waals surface area contributed by atoms with Crippen LogP contribution in [0.1, 0.15) is 37.9 Å². The van der Waals surface area contributed by atoms with E-state index in [0.29, 0.717) is 0 Å². The van der Waals surface area contributed by atoms with Crippen molar-refractivity contribution in [2.45, 2.75) is 40.0 Å². The molecule has 1 saturated heterocycles. The number of aryl methyl sites for hydroxylation is 2. The normalized spacial score (nSPS) is 15.5. The number of piperazine rings is 1. The van der Waals surface area contributed by atoms with Gasteiger partial charge in [0.1, 0.15) is 11.6 Å². The van der Waals surface area contributed by atoms with E-state index in [1.165, 1.54) is 0 Å². The summed E-state index contributed by atoms with van der Waals surface area (Å²) < 4.78 is 3.87. The minimum Gasteiger partial charge on any atom is -0.353 e. The molecule has 8 nitrogen and oxygen atoms in total. The summed E-state index contributed by atoms with van der Waals surface area (Å²) in [6, 6.07) is 8.30. The van der Waals surface area contributed by atoms with E-state index in [4.69, 9.17) is 10.1 Å². The lowest BCUT2D eigenvalue weighted by Crippen LogP contribution is -2.47. The van der Waals surface area contributed by atoms with E-state index in [0.717, 1.165) is 66.2 Å². The molecular formula is C22H28N8. The Bertz CT molecular complexity index is 1220. The standard InChI is InChI=1S/C22H28N8/c1-15-13-21(30-20(23-15)12-16(2)25-30)28-10-8-27(9-11-28)19-7-6-18-24-17(22(3,4)5)14-29(18)26-19/h6-7,12-14H,8-11H2,1-5H3. The minimum atomic E-state index is 0.0123. The second-order valence-electron chi connectivity index (χ2n) is 9.16. The number of rotatable bonds is 2. The van der Waals surface area contributed by atoms with E-state index in [2.05, 4.69) is 58.9 Å². The van der Waals surface area contributed by atoms with Crippen LogP contribution in [0.4, 0.5) is 11.6 Å². The maximum absolute atomic E-state index is 4.83. The van der Waals surface area contributed by atoms with E-state index >= 15 is 0 Å². The van der Waals surface area contributed by atoms with Crippen molar-refractivity contribution >= 4 is 22.9 Å². The SMILES string of the molecule is Cc1cc(N2CCN(c3ccc4nc(C(C)(C)C)cn4n3)CC2)n2nc(C)cc2n1. The summed E-state index contributed by atoms with van der Waals surface area (Å²) in [5.74, 6) is 2.10. The zero-order valence-electron chi connectivity index (χ0n) is 18.3. The lowest BCUT2D eigenvalue weighted by molar-refractivity contribution is 0.572. The number of anilines is 2. The molecule has 1 fully saturated rings. The highest BCUT2D eigenvalue weighted by Gasteiger charge is 2.22. The van der Waals surface area contributed by atoms with Crippen LogP contribution < -0.4 is 9.80 Å². The first-order valence-corrected chi connectivity index (χ1v) is 10.5. The molecule has 0 N–H and O–H groups in total. The monoisotopic (exact) mass is 404 g/mol. The van der Waals surface area contributed by atoms with Crippen LogP contribution in [0.25, 0.3) is 11.3 Å². The Hall–Kier alpha value is -3.16. The first-order chi connectivity index (χ1) is 14.3. The topological polar surface area (TPSA) is 66.9 Å². The molecule has 0 spiro atoms. The fraction of sp³-hybridized carbons (Fsp3) is 0.455. The van der Waals surface area contributed by atoms with Gasteiger partial charge in [0.05, 0.1) is 17.6 Å². The Morgan fingerprint density at radius 1 is 0.800 bits per heavy atom. The molecule has 5 heterocycles. The van der Waals surface area contributed by atoms with Gasteiger partial charge < -0.3 is 9.80 Å². The number of hydrogen-bond acceptors (Lipinski definition) is 6. The molecule has 0 aliphatic carbocycles. The molecule has 156 valence electrons. The van der Waals surface area contributed by atoms with E-state index in [9.17, 15) is 0 Å². The van der Waals surface area contributed by atoms with Gasteiger partial charge in [-0.15, -0.1) is 5.10 Å². The van der Waals surface area contributed by atoms with Crippen molar-refractivity contribution in [2.75, 3.05) is 36.0 Å². The molecule has 30 heavy (non-hydrogen) atoms. The zero-order chi connectivity index (χ0) is 21.0. The number of aromatic nitrogens is 6. The maximum atomic E-state index is 4.83. The van der Waals surface area contributed by atoms with Crippen LogP contribution in [-0.2, 0) is 5.41 Å². The molecule has 0 bridgehead atoms. The third-order valence-corrected chi connectivity index (χ3v) is 5.66. The molecule has 4 aromatic heterocycles. The maximum Gasteiger partial charge on any atom is 0.157 e. The van der Waals surface area contributed by atoms with Crippen LogP contribution >= 0.6 is 0 Å². The van der Waals surface area contributed by atoms with Gasteiger partial charge in [0.15, 0.2) is 11.3 Å². The van der Waals surface area contributed by atoms with Gasteiger partial charge in [-0.05, 0) is 26.0 Å². The predicted molar refractivity (Wildman–Crippen MR) is 119 cm³/mol. The number of hydrogen-bond donors (Lipinski definition) is 0. The minimum absolute atomic E-state index is 0.0123. The van der Waals surface area contributed by atoms with Crippen molar-refractivity contribution in [1.82, 2.24) is 29.2 Å². The van der Waals surface area contributed by atoms with Crippen LogP contribution in [0.3, 0.4) is 0 Å². The molecule has 4 aromatic rings. The van der Waals surface area contributed by atoms with Crippen LogP contribution in [-0.4, -0.2) is 55.4 Å². The molecule has 8 heteroatoms. The van der Waals surface area contributed by atoms with Crippen molar-refractivity contribution in [3.8, 4) is 0 Å². The molecule has 0 unspecified atom stereocenters. The first kappa shape index (κ1) is 18.8. The van der Waals surface area contributed by atoms with E-state index in [-0.39, 0.29) is 5.41 Å². The second-order valence-corrected chi connectivity index (χ2v) is 9.16. The lowest BCUT2D eigenvalue weighted by Gasteiger charge is -2.36. The van der Waals surface area contributed by atoms with Gasteiger partial charge >= 0.3 is 0 Å². The Balaban J connectivity index is 1.37. The van der Waals surface area contributed by atoms with Crippen molar-refractivity contribution < 1.29 is 0 Å². The van der Waals surface area contributed by atoms with Crippen molar-refractivity contribution in [2.24, 2.45) is 0 Å². The summed E-state index contributed by atoms with van der Waals surface area (Å²) in [7, 11) is 0. The van der Waals surface area contributed by atoms with Crippen LogP contribution in [0.2, 0.25) is 0 Å². The molecular weight excluding hydrogens is 376 g/mol. The predicted octanol–water partition coefficient (Wildman–Crippen LogP) is 3.01. The molecule has 1 aliphatic heterocycles. The summed E-state index contributed by atoms with van der Waals surface area (Å²) in [6.07, 6.45) is 2.05. The Kier molecular flexibility index (Phi) is 4.20. The van der Waals surface area contributed by atoms with Gasteiger partial charge in [0, 0.05) is 49.4 Å². The van der Waals surface area contributed by atoms with Gasteiger partial charge in [0.25, 0.3) is 0 Å². The second kappa shape index (κ2) is 6.68. The van der Waals surface area contributed by atoms with Crippen LogP contribution in [0.15, 0.2) is 30.5 Å². The van der Waals surface area contributed by atoms with Crippen molar-refractivity contribution in [1.29, 1.82) is 0 Å². The number of imidazole rings is 1. The van der Waals surface area contributed by atoms with E-state index < -0.39 is 0 Å². The summed E-state index contributed by atoms with van der Waals surface area (Å²) in [4.78, 5) is 14.1. The Morgan fingerprint density at radius 3 is 2.27 bits per heavy atom. The van der Waals surface area contributed by atoms with Crippen LogP contribution in [0.5, 0.6) is 0 Å². The lowest BCUT2D eigenvalue weighted by atomic mass is 9.93. The largest absolute Gasteiger partial charge is 0.353 e. The fourth-order valence-corrected chi connectivity index (χ4v) is 3.99. The van der Waals surface area contributed by atoms with Gasteiger partial charge in [-0.25, -0.2) is 14.5 Å². The van der Waals surface area contributed by atoms with Crippen LogP contribution in [0, 0.1) is 13.8 Å². The average Bonchev–Trinajstić information content (AvgIpc) is 3.29. The molecule has 0 amide bonds. The highest BCUT2D eigenvalue weighted by atomic mass is 15.4. The molecule has 0 radical (unpaired) electrons. The highest BCUT2D eigenvalue weighted by Crippen LogP contribution is 2.24. The van der Waals surface area contributed by atoms with Crippen molar-refractivity contribution in [3.05, 3.63) is 47.5 Å². The first-order valence-electron chi connectivity index (χ1n) is 10.5. The number of fused-ring (bicyclic) bond motifs is 2. The van der Waals surface area contributed by atoms with Gasteiger partial charge in [0.2, 0.25) is 0 Å². The van der Waals surface area contributed by atoms with Gasteiger partial charge in [-0.3, -0.25) is 0 Å². The quantitative estimate of drug-likeness (QED) is 0.512. The van der Waals surface area contributed by atoms with Gasteiger partial charge in [-0.1, -0.05) is 20.8 Å². The zero-order valence-corrected chi connectivity index (χ0v) is 18.3. The smallest absolute Gasteiger partial charge is 0.157 e. The Labute approximate surface area is 176 Å².